The highest BCUT2D eigenvalue weighted by atomic mass is 35.5. The second-order valence-corrected chi connectivity index (χ2v) is 7.82. The van der Waals surface area contributed by atoms with Crippen molar-refractivity contribution in [3.05, 3.63) is 63.1 Å². The van der Waals surface area contributed by atoms with Gasteiger partial charge in [-0.05, 0) is 12.1 Å². The van der Waals surface area contributed by atoms with Crippen LogP contribution in [-0.2, 0) is 10.0 Å². The van der Waals surface area contributed by atoms with Gasteiger partial charge in [-0.25, -0.2) is 12.7 Å². The number of benzene rings is 2. The summed E-state index contributed by atoms with van der Waals surface area (Å²) in [6.45, 7) is 0.644. The van der Waals surface area contributed by atoms with E-state index in [1.807, 2.05) is 30.3 Å². The Kier molecular flexibility index (Phi) is 4.56. The second-order valence-electron chi connectivity index (χ2n) is 4.82. The minimum absolute atomic E-state index is 0.0202. The Morgan fingerprint density at radius 1 is 0.957 bits per heavy atom. The standard InChI is InChI=1S/C15H11Cl3N2O2S/c16-11-6-7-12(14(18)13(11)17)23(21,22)20-9-8-19-15(20)10-4-2-1-3-5-10/h1-7H,8-9H2. The molecule has 0 unspecified atom stereocenters. The van der Waals surface area contributed by atoms with Gasteiger partial charge in [0.2, 0.25) is 0 Å². The molecule has 0 aromatic heterocycles. The van der Waals surface area contributed by atoms with Crippen molar-refractivity contribution >= 4 is 50.7 Å². The number of nitrogens with zero attached hydrogens (tertiary/aromatic N) is 2. The molecule has 0 saturated carbocycles. The summed E-state index contributed by atoms with van der Waals surface area (Å²) in [6.07, 6.45) is 0. The molecule has 0 saturated heterocycles. The van der Waals surface area contributed by atoms with E-state index in [9.17, 15) is 8.42 Å². The Morgan fingerprint density at radius 2 is 1.65 bits per heavy atom. The summed E-state index contributed by atoms with van der Waals surface area (Å²) in [5.74, 6) is 0.396. The van der Waals surface area contributed by atoms with Gasteiger partial charge in [0.25, 0.3) is 10.0 Å². The fourth-order valence-corrected chi connectivity index (χ4v) is 4.72. The van der Waals surface area contributed by atoms with Crippen LogP contribution in [0, 0.1) is 0 Å². The molecule has 2 aromatic rings. The van der Waals surface area contributed by atoms with Crippen LogP contribution in [0.1, 0.15) is 5.56 Å². The Balaban J connectivity index is 2.07. The number of amidine groups is 1. The number of hydrogen-bond acceptors (Lipinski definition) is 3. The van der Waals surface area contributed by atoms with Gasteiger partial charge in [-0.15, -0.1) is 0 Å². The molecule has 120 valence electrons. The van der Waals surface area contributed by atoms with Crippen LogP contribution in [0.15, 0.2) is 52.4 Å². The zero-order valence-electron chi connectivity index (χ0n) is 11.7. The third-order valence-corrected chi connectivity index (χ3v) is 6.64. The molecule has 0 fully saturated rings. The van der Waals surface area contributed by atoms with Gasteiger partial charge in [0, 0.05) is 5.56 Å². The van der Waals surface area contributed by atoms with Crippen LogP contribution >= 0.6 is 34.8 Å². The Morgan fingerprint density at radius 3 is 2.35 bits per heavy atom. The zero-order chi connectivity index (χ0) is 16.6. The van der Waals surface area contributed by atoms with E-state index in [1.54, 1.807) is 0 Å². The van der Waals surface area contributed by atoms with Crippen molar-refractivity contribution in [1.82, 2.24) is 4.31 Å². The third kappa shape index (κ3) is 2.94. The molecule has 2 aromatic carbocycles. The summed E-state index contributed by atoms with van der Waals surface area (Å²) in [5.41, 5.74) is 0.727. The molecule has 0 amide bonds. The summed E-state index contributed by atoms with van der Waals surface area (Å²) < 4.78 is 27.2. The minimum Gasteiger partial charge on any atom is -0.265 e. The van der Waals surface area contributed by atoms with Gasteiger partial charge in [0.05, 0.1) is 28.2 Å². The lowest BCUT2D eigenvalue weighted by atomic mass is 10.2. The molecule has 1 heterocycles. The minimum atomic E-state index is -3.88. The SMILES string of the molecule is O=S(=O)(c1ccc(Cl)c(Cl)c1Cl)N1CCN=C1c1ccccc1. The lowest BCUT2D eigenvalue weighted by molar-refractivity contribution is 0.538. The van der Waals surface area contributed by atoms with E-state index in [2.05, 4.69) is 4.99 Å². The van der Waals surface area contributed by atoms with Gasteiger partial charge in [-0.3, -0.25) is 4.99 Å². The molecule has 0 aliphatic carbocycles. The van der Waals surface area contributed by atoms with Crippen LogP contribution in [-0.4, -0.2) is 31.6 Å². The highest BCUT2D eigenvalue weighted by molar-refractivity contribution is 7.89. The molecule has 23 heavy (non-hydrogen) atoms. The first-order valence-corrected chi connectivity index (χ1v) is 9.26. The molecule has 4 nitrogen and oxygen atoms in total. The quantitative estimate of drug-likeness (QED) is 0.742. The lowest BCUT2D eigenvalue weighted by Gasteiger charge is -2.21. The number of rotatable bonds is 3. The first-order valence-electron chi connectivity index (χ1n) is 6.69. The lowest BCUT2D eigenvalue weighted by Crippen LogP contribution is -2.35. The molecule has 0 N–H and O–H groups in total. The first-order chi connectivity index (χ1) is 10.9. The first kappa shape index (κ1) is 16.6. The van der Waals surface area contributed by atoms with Gasteiger partial charge in [0.15, 0.2) is 0 Å². The summed E-state index contributed by atoms with van der Waals surface area (Å²) >= 11 is 17.9. The van der Waals surface area contributed by atoms with Gasteiger partial charge < -0.3 is 0 Å². The number of sulfonamides is 1. The van der Waals surface area contributed by atoms with E-state index in [4.69, 9.17) is 34.8 Å². The molecular formula is C15H11Cl3N2O2S. The van der Waals surface area contributed by atoms with Gasteiger partial charge in [-0.1, -0.05) is 65.1 Å². The van der Waals surface area contributed by atoms with E-state index in [0.29, 0.717) is 12.4 Å². The van der Waals surface area contributed by atoms with Crippen molar-refractivity contribution in [2.75, 3.05) is 13.1 Å². The maximum Gasteiger partial charge on any atom is 0.267 e. The van der Waals surface area contributed by atoms with E-state index >= 15 is 0 Å². The van der Waals surface area contributed by atoms with Crippen molar-refractivity contribution < 1.29 is 8.42 Å². The highest BCUT2D eigenvalue weighted by Gasteiger charge is 2.33. The monoisotopic (exact) mass is 388 g/mol. The number of halogens is 3. The normalized spacial score (nSPS) is 14.9. The third-order valence-electron chi connectivity index (χ3n) is 3.40. The molecule has 0 spiro atoms. The molecule has 0 radical (unpaired) electrons. The zero-order valence-corrected chi connectivity index (χ0v) is 14.8. The van der Waals surface area contributed by atoms with Gasteiger partial charge >= 0.3 is 0 Å². The molecule has 8 heteroatoms. The van der Waals surface area contributed by atoms with Crippen LogP contribution in [0.3, 0.4) is 0 Å². The van der Waals surface area contributed by atoms with Crippen LogP contribution in [0.25, 0.3) is 0 Å². The van der Waals surface area contributed by atoms with Crippen LogP contribution < -0.4 is 0 Å². The Labute approximate surface area is 149 Å². The predicted molar refractivity (Wildman–Crippen MR) is 93.2 cm³/mol. The molecule has 0 atom stereocenters. The largest absolute Gasteiger partial charge is 0.267 e. The topological polar surface area (TPSA) is 49.7 Å². The van der Waals surface area contributed by atoms with E-state index in [0.717, 1.165) is 5.56 Å². The van der Waals surface area contributed by atoms with Crippen molar-refractivity contribution in [3.63, 3.8) is 0 Å². The summed E-state index contributed by atoms with van der Waals surface area (Å²) in [5, 5.41) is 0.138. The fraction of sp³-hybridized carbons (Fsp3) is 0.133. The number of aliphatic imine (C=N–C) groups is 1. The Bertz CT molecular complexity index is 883. The van der Waals surface area contributed by atoms with Crippen LogP contribution in [0.4, 0.5) is 0 Å². The maximum atomic E-state index is 13.0. The average molecular weight is 390 g/mol. The molecule has 1 aliphatic heterocycles. The van der Waals surface area contributed by atoms with E-state index in [1.165, 1.54) is 16.4 Å². The summed E-state index contributed by atoms with van der Waals surface area (Å²) in [6, 6.07) is 11.9. The van der Waals surface area contributed by atoms with Crippen molar-refractivity contribution in [2.24, 2.45) is 4.99 Å². The average Bonchev–Trinajstić information content (AvgIpc) is 3.04. The van der Waals surface area contributed by atoms with E-state index in [-0.39, 0.29) is 26.5 Å². The van der Waals surface area contributed by atoms with Gasteiger partial charge in [0.1, 0.15) is 10.7 Å². The molecular weight excluding hydrogens is 379 g/mol. The van der Waals surface area contributed by atoms with Crippen LogP contribution in [0.5, 0.6) is 0 Å². The molecule has 1 aliphatic rings. The van der Waals surface area contributed by atoms with Crippen molar-refractivity contribution in [2.45, 2.75) is 4.90 Å². The summed E-state index contributed by atoms with van der Waals surface area (Å²) in [7, 11) is -3.88. The number of hydrogen-bond donors (Lipinski definition) is 0. The fourth-order valence-electron chi connectivity index (χ4n) is 2.31. The highest BCUT2D eigenvalue weighted by Crippen LogP contribution is 2.36. The summed E-state index contributed by atoms with van der Waals surface area (Å²) in [4.78, 5) is 4.23. The molecule has 3 rings (SSSR count). The van der Waals surface area contributed by atoms with Crippen LogP contribution in [0.2, 0.25) is 15.1 Å². The Hall–Kier alpha value is -1.27. The van der Waals surface area contributed by atoms with Gasteiger partial charge in [-0.2, -0.15) is 0 Å². The van der Waals surface area contributed by atoms with E-state index < -0.39 is 10.0 Å². The maximum absolute atomic E-state index is 13.0. The van der Waals surface area contributed by atoms with Crippen molar-refractivity contribution in [1.29, 1.82) is 0 Å². The second kappa shape index (κ2) is 6.32. The molecule has 0 bridgehead atoms. The predicted octanol–water partition coefficient (Wildman–Crippen LogP) is 4.10. The van der Waals surface area contributed by atoms with Crippen molar-refractivity contribution in [3.8, 4) is 0 Å². The smallest absolute Gasteiger partial charge is 0.265 e.